The van der Waals surface area contributed by atoms with Gasteiger partial charge in [-0.1, -0.05) is 0 Å². The average molecular weight is 427 g/mol. The third kappa shape index (κ3) is 7.66. The van der Waals surface area contributed by atoms with Crippen LogP contribution in [0.1, 0.15) is 44.9 Å². The van der Waals surface area contributed by atoms with Gasteiger partial charge in [-0.3, -0.25) is 19.2 Å². The van der Waals surface area contributed by atoms with E-state index in [1.165, 1.54) is 7.11 Å². The third-order valence-electron chi connectivity index (χ3n) is 5.69. The number of carboxylic acids is 1. The van der Waals surface area contributed by atoms with Gasteiger partial charge in [-0.2, -0.15) is 0 Å². The van der Waals surface area contributed by atoms with Crippen LogP contribution in [0.5, 0.6) is 0 Å². The van der Waals surface area contributed by atoms with Gasteiger partial charge in [0.1, 0.15) is 6.61 Å². The number of carbonyl (C=O) groups excluding carboxylic acids is 3. The molecule has 0 aromatic carbocycles. The molecule has 0 saturated carbocycles. The first-order valence-corrected chi connectivity index (χ1v) is 10.7. The van der Waals surface area contributed by atoms with Gasteiger partial charge < -0.3 is 20.1 Å². The van der Waals surface area contributed by atoms with Crippen LogP contribution in [0.2, 0.25) is 0 Å². The number of aliphatic carboxylic acids is 1. The van der Waals surface area contributed by atoms with Gasteiger partial charge in [0, 0.05) is 33.2 Å². The molecule has 0 unspecified atom stereocenters. The second-order valence-corrected chi connectivity index (χ2v) is 7.96. The highest BCUT2D eigenvalue weighted by Crippen LogP contribution is 2.22. The number of amides is 3. The molecular weight excluding hydrogens is 392 g/mol. The first kappa shape index (κ1) is 24.2. The molecular formula is C20H34N4O6. The van der Waals surface area contributed by atoms with Crippen LogP contribution in [-0.2, 0) is 23.9 Å². The molecule has 0 aliphatic carbocycles. The molecule has 10 nitrogen and oxygen atoms in total. The highest BCUT2D eigenvalue weighted by Gasteiger charge is 2.34. The number of hydrogen-bond acceptors (Lipinski definition) is 7. The zero-order valence-corrected chi connectivity index (χ0v) is 17.7. The lowest BCUT2D eigenvalue weighted by Gasteiger charge is -2.34. The van der Waals surface area contributed by atoms with Crippen LogP contribution in [0.25, 0.3) is 0 Å². The van der Waals surface area contributed by atoms with Crippen LogP contribution in [-0.4, -0.2) is 85.1 Å². The molecule has 2 saturated heterocycles. The van der Waals surface area contributed by atoms with Crippen molar-refractivity contribution in [3.05, 3.63) is 0 Å². The van der Waals surface area contributed by atoms with Crippen molar-refractivity contribution in [2.75, 3.05) is 46.4 Å². The average Bonchev–Trinajstić information content (AvgIpc) is 2.75. The molecule has 0 spiro atoms. The first-order chi connectivity index (χ1) is 14.4. The molecule has 170 valence electrons. The Hall–Kier alpha value is -2.04. The van der Waals surface area contributed by atoms with E-state index in [1.54, 1.807) is 4.90 Å². The van der Waals surface area contributed by atoms with E-state index in [0.29, 0.717) is 31.7 Å². The fourth-order valence-electron chi connectivity index (χ4n) is 4.00. The maximum Gasteiger partial charge on any atom is 0.304 e. The summed E-state index contributed by atoms with van der Waals surface area (Å²) in [6.07, 6.45) is 4.57. The minimum atomic E-state index is -1.03. The summed E-state index contributed by atoms with van der Waals surface area (Å²) in [6, 6.07) is 0. The van der Waals surface area contributed by atoms with Crippen molar-refractivity contribution in [2.24, 2.45) is 11.8 Å². The van der Waals surface area contributed by atoms with Crippen LogP contribution in [0.15, 0.2) is 0 Å². The molecule has 2 aliphatic heterocycles. The van der Waals surface area contributed by atoms with E-state index < -0.39 is 23.7 Å². The van der Waals surface area contributed by atoms with Gasteiger partial charge in [-0.15, -0.1) is 0 Å². The third-order valence-corrected chi connectivity index (χ3v) is 5.69. The topological polar surface area (TPSA) is 128 Å². The van der Waals surface area contributed by atoms with E-state index >= 15 is 0 Å². The number of nitrogens with zero attached hydrogens (tertiary/aromatic N) is 2. The minimum absolute atomic E-state index is 0.0534. The maximum atomic E-state index is 13.0. The lowest BCUT2D eigenvalue weighted by atomic mass is 9.92. The molecule has 0 aromatic rings. The molecule has 0 aromatic heterocycles. The number of rotatable bonds is 10. The summed E-state index contributed by atoms with van der Waals surface area (Å²) in [5.41, 5.74) is 2.61. The standard InChI is InChI=1S/C20H34N4O6/c1-30-14-18(26)24(22-11-8-19(27)28)20(29)16-3-2-12-23(13-16)17(25)5-4-15-6-9-21-10-7-15/h15-16,21-22H,2-14H2,1H3,(H,27,28)/t16-/m1/s1. The summed E-state index contributed by atoms with van der Waals surface area (Å²) in [4.78, 5) is 50.4. The van der Waals surface area contributed by atoms with Crippen LogP contribution < -0.4 is 10.7 Å². The van der Waals surface area contributed by atoms with E-state index in [1.807, 2.05) is 0 Å². The highest BCUT2D eigenvalue weighted by molar-refractivity contribution is 5.96. The number of ether oxygens (including phenoxy) is 1. The Labute approximate surface area is 177 Å². The van der Waals surface area contributed by atoms with Crippen LogP contribution in [0.3, 0.4) is 0 Å². The molecule has 2 fully saturated rings. The largest absolute Gasteiger partial charge is 0.481 e. The van der Waals surface area contributed by atoms with Crippen molar-refractivity contribution in [3.63, 3.8) is 0 Å². The lowest BCUT2D eigenvalue weighted by molar-refractivity contribution is -0.156. The number of nitrogens with one attached hydrogen (secondary N) is 2. The van der Waals surface area contributed by atoms with Crippen LogP contribution in [0, 0.1) is 11.8 Å². The fraction of sp³-hybridized carbons (Fsp3) is 0.800. The van der Waals surface area contributed by atoms with Crippen molar-refractivity contribution in [1.82, 2.24) is 20.7 Å². The quantitative estimate of drug-likeness (QED) is 0.416. The van der Waals surface area contributed by atoms with Crippen molar-refractivity contribution >= 4 is 23.7 Å². The monoisotopic (exact) mass is 426 g/mol. The Kier molecular flexibility index (Phi) is 10.2. The zero-order valence-electron chi connectivity index (χ0n) is 17.7. The Morgan fingerprint density at radius 3 is 2.57 bits per heavy atom. The highest BCUT2D eigenvalue weighted by atomic mass is 16.5. The molecule has 3 amide bonds. The summed E-state index contributed by atoms with van der Waals surface area (Å²) >= 11 is 0. The molecule has 10 heteroatoms. The van der Waals surface area contributed by atoms with Gasteiger partial charge in [-0.25, -0.2) is 10.4 Å². The zero-order chi connectivity index (χ0) is 21.9. The van der Waals surface area contributed by atoms with Gasteiger partial charge >= 0.3 is 5.97 Å². The summed E-state index contributed by atoms with van der Waals surface area (Å²) in [7, 11) is 1.35. The molecule has 2 aliphatic rings. The smallest absolute Gasteiger partial charge is 0.304 e. The van der Waals surface area contributed by atoms with Gasteiger partial charge in [-0.05, 0) is 51.1 Å². The minimum Gasteiger partial charge on any atom is -0.481 e. The number of carbonyl (C=O) groups is 4. The molecule has 2 heterocycles. The Balaban J connectivity index is 1.90. The van der Waals surface area contributed by atoms with Crippen LogP contribution in [0.4, 0.5) is 0 Å². The van der Waals surface area contributed by atoms with Crippen LogP contribution >= 0.6 is 0 Å². The molecule has 1 atom stereocenters. The predicted octanol–water partition coefficient (Wildman–Crippen LogP) is -0.0143. The Morgan fingerprint density at radius 1 is 1.17 bits per heavy atom. The van der Waals surface area contributed by atoms with Gasteiger partial charge in [0.2, 0.25) is 11.8 Å². The second kappa shape index (κ2) is 12.6. The Bertz CT molecular complexity index is 608. The van der Waals surface area contributed by atoms with Crippen molar-refractivity contribution in [2.45, 2.75) is 44.9 Å². The van der Waals surface area contributed by atoms with E-state index in [0.717, 1.165) is 37.4 Å². The molecule has 30 heavy (non-hydrogen) atoms. The number of carboxylic acid groups (broad SMARTS) is 1. The Morgan fingerprint density at radius 2 is 1.90 bits per heavy atom. The van der Waals surface area contributed by atoms with Gasteiger partial charge in [0.25, 0.3) is 5.91 Å². The summed E-state index contributed by atoms with van der Waals surface area (Å²) in [5.74, 6) is -1.94. The maximum absolute atomic E-state index is 13.0. The normalized spacial score (nSPS) is 20.0. The van der Waals surface area contributed by atoms with E-state index in [2.05, 4.69) is 10.7 Å². The van der Waals surface area contributed by atoms with Crippen molar-refractivity contribution in [3.8, 4) is 0 Å². The molecule has 0 bridgehead atoms. The van der Waals surface area contributed by atoms with Gasteiger partial charge in [0.05, 0.1) is 12.3 Å². The van der Waals surface area contributed by atoms with Crippen molar-refractivity contribution < 1.29 is 29.0 Å². The molecule has 3 N–H and O–H groups in total. The summed E-state index contributed by atoms with van der Waals surface area (Å²) < 4.78 is 4.83. The second-order valence-electron chi connectivity index (χ2n) is 7.96. The van der Waals surface area contributed by atoms with E-state index in [9.17, 15) is 19.2 Å². The summed E-state index contributed by atoms with van der Waals surface area (Å²) in [5, 5.41) is 13.0. The SMILES string of the molecule is COCC(=O)N(NCCC(=O)O)C(=O)[C@@H]1CCCN(C(=O)CCC2CCNCC2)C1. The predicted molar refractivity (Wildman–Crippen MR) is 108 cm³/mol. The van der Waals surface area contributed by atoms with Gasteiger partial charge in [0.15, 0.2) is 0 Å². The number of hydrazine groups is 1. The molecule has 2 rings (SSSR count). The first-order valence-electron chi connectivity index (χ1n) is 10.7. The fourth-order valence-corrected chi connectivity index (χ4v) is 4.00. The number of piperidine rings is 2. The van der Waals surface area contributed by atoms with E-state index in [4.69, 9.17) is 9.84 Å². The summed E-state index contributed by atoms with van der Waals surface area (Å²) in [6.45, 7) is 2.55. The molecule has 0 radical (unpaired) electrons. The van der Waals surface area contributed by atoms with Crippen molar-refractivity contribution in [1.29, 1.82) is 0 Å². The van der Waals surface area contributed by atoms with E-state index in [-0.39, 0.29) is 32.0 Å². The number of methoxy groups -OCH3 is 1. The number of likely N-dealkylation sites (tertiary alicyclic amines) is 1. The number of hydrogen-bond donors (Lipinski definition) is 3. The number of imide groups is 1. The lowest BCUT2D eigenvalue weighted by Crippen LogP contribution is -2.54.